The molecule has 2 unspecified atom stereocenters. The van der Waals surface area contributed by atoms with Crippen molar-refractivity contribution in [1.82, 2.24) is 15.1 Å². The molecule has 0 saturated carbocycles. The number of likely N-dealkylation sites (N-methyl/N-ethyl adjacent to an activating group) is 1. The Morgan fingerprint density at radius 3 is 2.57 bits per heavy atom. The summed E-state index contributed by atoms with van der Waals surface area (Å²) in [4.78, 5) is 27.3. The lowest BCUT2D eigenvalue weighted by Crippen LogP contribution is -2.51. The second-order valence-electron chi connectivity index (χ2n) is 6.56. The van der Waals surface area contributed by atoms with Crippen molar-refractivity contribution < 1.29 is 14.7 Å². The standard InChI is InChI=1S/C15H29N3O3/c1-11(2)8-12(14(19)20)9-16-15(21)18-7-5-6-13(10-18)17(3)4/h11-13H,5-10H2,1-4H3,(H,16,21)(H,19,20). The number of urea groups is 1. The largest absolute Gasteiger partial charge is 0.481 e. The third kappa shape index (κ3) is 5.91. The second kappa shape index (κ2) is 8.22. The average molecular weight is 299 g/mol. The minimum absolute atomic E-state index is 0.142. The van der Waals surface area contributed by atoms with Crippen LogP contribution < -0.4 is 5.32 Å². The van der Waals surface area contributed by atoms with Gasteiger partial charge in [0.25, 0.3) is 0 Å². The summed E-state index contributed by atoms with van der Waals surface area (Å²) in [6.45, 7) is 5.64. The van der Waals surface area contributed by atoms with Crippen LogP contribution in [-0.4, -0.2) is 66.7 Å². The van der Waals surface area contributed by atoms with Gasteiger partial charge in [0.1, 0.15) is 0 Å². The van der Waals surface area contributed by atoms with Gasteiger partial charge < -0.3 is 20.2 Å². The molecule has 1 rings (SSSR count). The van der Waals surface area contributed by atoms with Crippen LogP contribution in [-0.2, 0) is 4.79 Å². The molecule has 0 aromatic carbocycles. The Bertz CT molecular complexity index is 358. The summed E-state index contributed by atoms with van der Waals surface area (Å²) in [7, 11) is 4.05. The van der Waals surface area contributed by atoms with Crippen molar-refractivity contribution >= 4 is 12.0 Å². The lowest BCUT2D eigenvalue weighted by atomic mass is 9.97. The molecule has 2 atom stereocenters. The van der Waals surface area contributed by atoms with Crippen molar-refractivity contribution in [2.75, 3.05) is 33.7 Å². The highest BCUT2D eigenvalue weighted by Gasteiger charge is 2.26. The molecule has 122 valence electrons. The zero-order valence-electron chi connectivity index (χ0n) is 13.6. The Labute approximate surface area is 127 Å². The van der Waals surface area contributed by atoms with E-state index in [0.29, 0.717) is 24.9 Å². The molecule has 1 aliphatic rings. The van der Waals surface area contributed by atoms with E-state index in [1.807, 2.05) is 27.9 Å². The predicted molar refractivity (Wildman–Crippen MR) is 82.3 cm³/mol. The number of nitrogens with one attached hydrogen (secondary N) is 1. The average Bonchev–Trinajstić information content (AvgIpc) is 2.42. The van der Waals surface area contributed by atoms with Crippen molar-refractivity contribution in [2.24, 2.45) is 11.8 Å². The summed E-state index contributed by atoms with van der Waals surface area (Å²) in [5.41, 5.74) is 0. The number of carbonyl (C=O) groups excluding carboxylic acids is 1. The third-order valence-electron chi connectivity index (χ3n) is 4.02. The molecule has 6 nitrogen and oxygen atoms in total. The highest BCUT2D eigenvalue weighted by atomic mass is 16.4. The number of likely N-dealkylation sites (tertiary alicyclic amines) is 1. The van der Waals surface area contributed by atoms with Crippen molar-refractivity contribution in [2.45, 2.75) is 39.2 Å². The van der Waals surface area contributed by atoms with Crippen LogP contribution in [0.2, 0.25) is 0 Å². The number of nitrogens with zero attached hydrogens (tertiary/aromatic N) is 2. The Morgan fingerprint density at radius 1 is 1.38 bits per heavy atom. The van der Waals surface area contributed by atoms with E-state index in [2.05, 4.69) is 10.2 Å². The molecule has 0 radical (unpaired) electrons. The summed E-state index contributed by atoms with van der Waals surface area (Å²) in [5.74, 6) is -1.05. The maximum absolute atomic E-state index is 12.2. The summed E-state index contributed by atoms with van der Waals surface area (Å²) >= 11 is 0. The van der Waals surface area contributed by atoms with Crippen LogP contribution in [0.4, 0.5) is 4.79 Å². The molecule has 2 amide bonds. The summed E-state index contributed by atoms with van der Waals surface area (Å²) in [6.07, 6.45) is 2.67. The Balaban J connectivity index is 2.46. The fourth-order valence-corrected chi connectivity index (χ4v) is 2.72. The number of carbonyl (C=O) groups is 2. The first-order valence-corrected chi connectivity index (χ1v) is 7.73. The Kier molecular flexibility index (Phi) is 6.95. The molecule has 1 heterocycles. The van der Waals surface area contributed by atoms with Crippen LogP contribution in [0.3, 0.4) is 0 Å². The van der Waals surface area contributed by atoms with Gasteiger partial charge >= 0.3 is 12.0 Å². The van der Waals surface area contributed by atoms with Crippen LogP contribution in [0, 0.1) is 11.8 Å². The van der Waals surface area contributed by atoms with Crippen molar-refractivity contribution in [3.8, 4) is 0 Å². The summed E-state index contributed by atoms with van der Waals surface area (Å²) < 4.78 is 0. The minimum atomic E-state index is -0.839. The summed E-state index contributed by atoms with van der Waals surface area (Å²) in [6, 6.07) is 0.243. The molecule has 0 aliphatic carbocycles. The normalized spacial score (nSPS) is 20.7. The first kappa shape index (κ1) is 17.8. The van der Waals surface area contributed by atoms with Gasteiger partial charge in [-0.1, -0.05) is 13.8 Å². The molecule has 2 N–H and O–H groups in total. The van der Waals surface area contributed by atoms with E-state index in [0.717, 1.165) is 19.4 Å². The van der Waals surface area contributed by atoms with Crippen LogP contribution >= 0.6 is 0 Å². The maximum atomic E-state index is 12.2. The van der Waals surface area contributed by atoms with Gasteiger partial charge in [-0.15, -0.1) is 0 Å². The van der Waals surface area contributed by atoms with Crippen molar-refractivity contribution in [3.05, 3.63) is 0 Å². The van der Waals surface area contributed by atoms with Gasteiger partial charge in [-0.25, -0.2) is 4.79 Å². The first-order chi connectivity index (χ1) is 9.81. The zero-order valence-corrected chi connectivity index (χ0v) is 13.6. The summed E-state index contributed by atoms with van der Waals surface area (Å²) in [5, 5.41) is 12.0. The van der Waals surface area contributed by atoms with Crippen LogP contribution in [0.25, 0.3) is 0 Å². The molecular weight excluding hydrogens is 270 g/mol. The smallest absolute Gasteiger partial charge is 0.317 e. The van der Waals surface area contributed by atoms with E-state index in [1.165, 1.54) is 0 Å². The van der Waals surface area contributed by atoms with E-state index in [1.54, 1.807) is 4.90 Å². The fourth-order valence-electron chi connectivity index (χ4n) is 2.72. The molecule has 0 bridgehead atoms. The highest BCUT2D eigenvalue weighted by Crippen LogP contribution is 2.14. The number of hydrogen-bond donors (Lipinski definition) is 2. The zero-order chi connectivity index (χ0) is 16.0. The fraction of sp³-hybridized carbons (Fsp3) is 0.867. The third-order valence-corrected chi connectivity index (χ3v) is 4.02. The number of amides is 2. The molecule has 1 aliphatic heterocycles. The SMILES string of the molecule is CC(C)CC(CNC(=O)N1CCCC(N(C)C)C1)C(=O)O. The number of carboxylic acid groups (broad SMARTS) is 1. The maximum Gasteiger partial charge on any atom is 0.317 e. The minimum Gasteiger partial charge on any atom is -0.481 e. The van der Waals surface area contributed by atoms with Gasteiger partial charge in [-0.2, -0.15) is 0 Å². The molecule has 1 saturated heterocycles. The number of piperidine rings is 1. The molecule has 6 heteroatoms. The monoisotopic (exact) mass is 299 g/mol. The van der Waals surface area contributed by atoms with Gasteiger partial charge in [0.15, 0.2) is 0 Å². The van der Waals surface area contributed by atoms with E-state index in [-0.39, 0.29) is 12.6 Å². The topological polar surface area (TPSA) is 72.9 Å². The number of rotatable bonds is 6. The van der Waals surface area contributed by atoms with Gasteiger partial charge in [-0.05, 0) is 39.3 Å². The Hall–Kier alpha value is -1.30. The molecule has 21 heavy (non-hydrogen) atoms. The van der Waals surface area contributed by atoms with Crippen LogP contribution in [0.5, 0.6) is 0 Å². The molecule has 0 aromatic rings. The van der Waals surface area contributed by atoms with E-state index in [9.17, 15) is 14.7 Å². The highest BCUT2D eigenvalue weighted by molar-refractivity contribution is 5.76. The van der Waals surface area contributed by atoms with Crippen LogP contribution in [0.1, 0.15) is 33.1 Å². The Morgan fingerprint density at radius 2 is 2.05 bits per heavy atom. The quantitative estimate of drug-likeness (QED) is 0.779. The molecule has 1 fully saturated rings. The van der Waals surface area contributed by atoms with Crippen molar-refractivity contribution in [3.63, 3.8) is 0 Å². The first-order valence-electron chi connectivity index (χ1n) is 7.73. The second-order valence-corrected chi connectivity index (χ2v) is 6.56. The molecular formula is C15H29N3O3. The van der Waals surface area contributed by atoms with E-state index >= 15 is 0 Å². The predicted octanol–water partition coefficient (Wildman–Crippen LogP) is 1.47. The van der Waals surface area contributed by atoms with Crippen LogP contribution in [0.15, 0.2) is 0 Å². The lowest BCUT2D eigenvalue weighted by Gasteiger charge is -2.36. The molecule has 0 aromatic heterocycles. The lowest BCUT2D eigenvalue weighted by molar-refractivity contribution is -0.142. The molecule has 0 spiro atoms. The van der Waals surface area contributed by atoms with E-state index < -0.39 is 11.9 Å². The van der Waals surface area contributed by atoms with Gasteiger partial charge in [0.05, 0.1) is 5.92 Å². The number of hydrogen-bond acceptors (Lipinski definition) is 3. The van der Waals surface area contributed by atoms with E-state index in [4.69, 9.17) is 0 Å². The number of aliphatic carboxylic acids is 1. The van der Waals surface area contributed by atoms with Gasteiger partial charge in [-0.3, -0.25) is 4.79 Å². The van der Waals surface area contributed by atoms with Gasteiger partial charge in [0.2, 0.25) is 0 Å². The van der Waals surface area contributed by atoms with Crippen molar-refractivity contribution in [1.29, 1.82) is 0 Å². The number of carboxylic acids is 1. The van der Waals surface area contributed by atoms with Gasteiger partial charge in [0, 0.05) is 25.7 Å².